The van der Waals surface area contributed by atoms with Crippen LogP contribution >= 0.6 is 18.1 Å². The van der Waals surface area contributed by atoms with E-state index >= 15 is 0 Å². The van der Waals surface area contributed by atoms with Crippen molar-refractivity contribution in [2.24, 2.45) is 0 Å². The van der Waals surface area contributed by atoms with Crippen LogP contribution in [-0.4, -0.2) is 18.6 Å². The molecule has 0 aliphatic carbocycles. The Morgan fingerprint density at radius 1 is 1.42 bits per heavy atom. The Bertz CT molecular complexity index is 477. The lowest BCUT2D eigenvalue weighted by molar-refractivity contribution is -0.144. The van der Waals surface area contributed by atoms with Crippen LogP contribution in [0.25, 0.3) is 0 Å². The van der Waals surface area contributed by atoms with E-state index in [1.807, 2.05) is 6.92 Å². The topological polar surface area (TPSA) is 64.6 Å². The summed E-state index contributed by atoms with van der Waals surface area (Å²) in [5.74, 6) is -0.164. The van der Waals surface area contributed by atoms with Crippen LogP contribution in [0.15, 0.2) is 24.3 Å². The highest BCUT2D eigenvalue weighted by atomic mass is 35.7. The van der Waals surface area contributed by atoms with Gasteiger partial charge in [0, 0.05) is 11.2 Å². The molecule has 19 heavy (non-hydrogen) atoms. The first-order valence-corrected chi connectivity index (χ1v) is 8.37. The Morgan fingerprint density at radius 3 is 2.53 bits per heavy atom. The number of benzene rings is 1. The average Bonchev–Trinajstić information content (AvgIpc) is 2.31. The molecule has 7 heteroatoms. The molecule has 0 aliphatic heterocycles. The van der Waals surface area contributed by atoms with Crippen molar-refractivity contribution in [2.45, 2.75) is 26.8 Å². The first kappa shape index (κ1) is 16.0. The third kappa shape index (κ3) is 5.64. The van der Waals surface area contributed by atoms with Crippen molar-refractivity contribution in [2.75, 3.05) is 6.61 Å². The monoisotopic (exact) mass is 305 g/mol. The lowest BCUT2D eigenvalue weighted by Gasteiger charge is -2.18. The lowest BCUT2D eigenvalue weighted by Crippen LogP contribution is -2.33. The highest BCUT2D eigenvalue weighted by molar-refractivity contribution is 7.84. The number of rotatable bonds is 6. The standard InChI is InChI=1S/C12H17ClNO4P/c1-4-17-12(15)10(3)14-19(13,16)18-11-7-5-9(2)6-8-11/h5-8,10H,4H2,1-3H3,(H,14,16)/t10-,19?/m0/s1. The summed E-state index contributed by atoms with van der Waals surface area (Å²) in [7, 11) is 0. The van der Waals surface area contributed by atoms with E-state index < -0.39 is 18.9 Å². The smallest absolute Gasteiger partial charge is 0.409 e. The van der Waals surface area contributed by atoms with Gasteiger partial charge in [0.2, 0.25) is 0 Å². The molecular weight excluding hydrogens is 289 g/mol. The molecular formula is C12H17ClNO4P. The number of halogens is 1. The van der Waals surface area contributed by atoms with Gasteiger partial charge in [-0.3, -0.25) is 4.79 Å². The molecule has 0 fully saturated rings. The maximum Gasteiger partial charge on any atom is 0.409 e. The minimum Gasteiger partial charge on any atom is -0.465 e. The summed E-state index contributed by atoms with van der Waals surface area (Å²) >= 11 is 5.76. The maximum absolute atomic E-state index is 12.0. The van der Waals surface area contributed by atoms with E-state index in [2.05, 4.69) is 5.09 Å². The molecule has 1 aromatic carbocycles. The van der Waals surface area contributed by atoms with Gasteiger partial charge >= 0.3 is 12.8 Å². The van der Waals surface area contributed by atoms with Crippen LogP contribution in [0.2, 0.25) is 0 Å². The van der Waals surface area contributed by atoms with E-state index in [4.69, 9.17) is 20.5 Å². The van der Waals surface area contributed by atoms with Gasteiger partial charge in [-0.2, -0.15) is 0 Å². The fourth-order valence-electron chi connectivity index (χ4n) is 1.31. The quantitative estimate of drug-likeness (QED) is 0.645. The van der Waals surface area contributed by atoms with Crippen LogP contribution in [0, 0.1) is 6.92 Å². The van der Waals surface area contributed by atoms with Crippen LogP contribution in [0.4, 0.5) is 0 Å². The normalized spacial score (nSPS) is 15.4. The number of hydrogen-bond acceptors (Lipinski definition) is 4. The van der Waals surface area contributed by atoms with Gasteiger partial charge < -0.3 is 9.26 Å². The van der Waals surface area contributed by atoms with Gasteiger partial charge in [-0.05, 0) is 32.9 Å². The minimum absolute atomic E-state index is 0.246. The van der Waals surface area contributed by atoms with Crippen LogP contribution < -0.4 is 9.61 Å². The third-order valence-corrected chi connectivity index (χ3v) is 3.87. The summed E-state index contributed by atoms with van der Waals surface area (Å²) in [4.78, 5) is 11.4. The van der Waals surface area contributed by atoms with Gasteiger partial charge in [0.15, 0.2) is 0 Å². The molecule has 0 saturated carbocycles. The zero-order chi connectivity index (χ0) is 14.5. The fraction of sp³-hybridized carbons (Fsp3) is 0.417. The van der Waals surface area contributed by atoms with Crippen molar-refractivity contribution >= 4 is 24.1 Å². The van der Waals surface area contributed by atoms with Crippen molar-refractivity contribution in [1.29, 1.82) is 0 Å². The number of ether oxygens (including phenoxy) is 1. The molecule has 0 spiro atoms. The summed E-state index contributed by atoms with van der Waals surface area (Å²) in [5, 5.41) is 2.43. The predicted octanol–water partition coefficient (Wildman–Crippen LogP) is 3.26. The molecule has 0 aromatic heterocycles. The maximum atomic E-state index is 12.0. The predicted molar refractivity (Wildman–Crippen MR) is 74.5 cm³/mol. The van der Waals surface area contributed by atoms with Crippen molar-refractivity contribution in [3.05, 3.63) is 29.8 Å². The van der Waals surface area contributed by atoms with Crippen LogP contribution in [0.5, 0.6) is 5.75 Å². The minimum atomic E-state index is -3.64. The molecule has 1 aromatic rings. The van der Waals surface area contributed by atoms with Gasteiger partial charge in [0.05, 0.1) is 6.61 Å². The highest BCUT2D eigenvalue weighted by Gasteiger charge is 2.27. The second-order valence-corrected chi connectivity index (χ2v) is 6.72. The summed E-state index contributed by atoms with van der Waals surface area (Å²) in [5.41, 5.74) is 1.05. The summed E-state index contributed by atoms with van der Waals surface area (Å²) in [6.45, 7) is 1.72. The molecule has 0 bridgehead atoms. The van der Waals surface area contributed by atoms with Gasteiger partial charge in [-0.25, -0.2) is 9.65 Å². The van der Waals surface area contributed by atoms with Crippen LogP contribution in [0.1, 0.15) is 19.4 Å². The van der Waals surface area contributed by atoms with E-state index in [9.17, 15) is 9.36 Å². The molecule has 106 valence electrons. The van der Waals surface area contributed by atoms with E-state index in [0.29, 0.717) is 5.75 Å². The number of aryl methyl sites for hydroxylation is 1. The fourth-order valence-corrected chi connectivity index (χ4v) is 3.00. The number of carbonyl (C=O) groups is 1. The van der Waals surface area contributed by atoms with Gasteiger partial charge in [-0.1, -0.05) is 17.7 Å². The molecule has 0 heterocycles. The Morgan fingerprint density at radius 2 is 2.00 bits per heavy atom. The Balaban J connectivity index is 2.63. The molecule has 0 amide bonds. The van der Waals surface area contributed by atoms with E-state index in [-0.39, 0.29) is 6.61 Å². The molecule has 1 unspecified atom stereocenters. The Hall–Kier alpha value is -1.03. The van der Waals surface area contributed by atoms with E-state index in [0.717, 1.165) is 5.56 Å². The highest BCUT2D eigenvalue weighted by Crippen LogP contribution is 2.48. The number of hydrogen-bond donors (Lipinski definition) is 1. The zero-order valence-electron chi connectivity index (χ0n) is 11.1. The molecule has 5 nitrogen and oxygen atoms in total. The summed E-state index contributed by atoms with van der Waals surface area (Å²) < 4.78 is 21.9. The van der Waals surface area contributed by atoms with Crippen molar-refractivity contribution < 1.29 is 18.6 Å². The van der Waals surface area contributed by atoms with Gasteiger partial charge in [-0.15, -0.1) is 0 Å². The van der Waals surface area contributed by atoms with Crippen LogP contribution in [-0.2, 0) is 14.1 Å². The lowest BCUT2D eigenvalue weighted by atomic mass is 10.2. The second kappa shape index (κ2) is 6.94. The number of carbonyl (C=O) groups excluding carboxylic acids is 1. The molecule has 0 aliphatic rings. The van der Waals surface area contributed by atoms with E-state index in [1.165, 1.54) is 6.92 Å². The molecule has 1 N–H and O–H groups in total. The summed E-state index contributed by atoms with van der Waals surface area (Å²) in [6.07, 6.45) is 0. The second-order valence-electron chi connectivity index (χ2n) is 3.99. The van der Waals surface area contributed by atoms with Crippen molar-refractivity contribution in [3.63, 3.8) is 0 Å². The SMILES string of the molecule is CCOC(=O)[C@H](C)NP(=O)(Cl)Oc1ccc(C)cc1. The Labute approximate surface area is 117 Å². The number of esters is 1. The molecule has 0 saturated heterocycles. The van der Waals surface area contributed by atoms with Gasteiger partial charge in [0.25, 0.3) is 0 Å². The van der Waals surface area contributed by atoms with E-state index in [1.54, 1.807) is 31.2 Å². The van der Waals surface area contributed by atoms with Gasteiger partial charge in [0.1, 0.15) is 11.8 Å². The summed E-state index contributed by atoms with van der Waals surface area (Å²) in [6, 6.07) is 6.11. The Kier molecular flexibility index (Phi) is 5.85. The first-order chi connectivity index (χ1) is 8.84. The van der Waals surface area contributed by atoms with Crippen molar-refractivity contribution in [1.82, 2.24) is 5.09 Å². The van der Waals surface area contributed by atoms with Crippen molar-refractivity contribution in [3.8, 4) is 5.75 Å². The molecule has 1 rings (SSSR count). The van der Waals surface area contributed by atoms with Crippen LogP contribution in [0.3, 0.4) is 0 Å². The largest absolute Gasteiger partial charge is 0.465 e. The molecule has 2 atom stereocenters. The molecule has 0 radical (unpaired) electrons. The zero-order valence-corrected chi connectivity index (χ0v) is 12.7. The number of nitrogens with one attached hydrogen (secondary N) is 1. The third-order valence-electron chi connectivity index (χ3n) is 2.23. The first-order valence-electron chi connectivity index (χ1n) is 5.84. The average molecular weight is 306 g/mol.